The van der Waals surface area contributed by atoms with Crippen LogP contribution in [0.1, 0.15) is 6.23 Å². The molecule has 3 N–H and O–H groups in total. The third-order valence-electron chi connectivity index (χ3n) is 3.62. The standard InChI is InChI=1S/C10H12N5O5PS.Na/c11-8-5-9(13-2-12-8)15(3-14-5)10-6(16)7-4(19-10)1-18-21(17,22)20-7;/h2-4,6-7,10,16H,1H2,(H,17,22)(H2,11,12,13);/q;+1/p-1. The first-order valence-electron chi connectivity index (χ1n) is 6.37. The zero-order chi connectivity index (χ0) is 15.5. The van der Waals surface area contributed by atoms with Crippen molar-refractivity contribution in [3.63, 3.8) is 0 Å². The summed E-state index contributed by atoms with van der Waals surface area (Å²) in [6.45, 7) is -3.59. The van der Waals surface area contributed by atoms with Gasteiger partial charge in [0.2, 0.25) is 0 Å². The van der Waals surface area contributed by atoms with Crippen LogP contribution in [0.2, 0.25) is 0 Å². The quantitative estimate of drug-likeness (QED) is 0.375. The smallest absolute Gasteiger partial charge is 0.780 e. The number of fused-ring (bicyclic) bond motifs is 2. The summed E-state index contributed by atoms with van der Waals surface area (Å²) in [5.74, 6) is 0.225. The van der Waals surface area contributed by atoms with Gasteiger partial charge in [-0.05, 0) is 0 Å². The van der Waals surface area contributed by atoms with Crippen LogP contribution in [0, 0.1) is 0 Å². The molecule has 0 aromatic carbocycles. The van der Waals surface area contributed by atoms with Crippen molar-refractivity contribution in [1.29, 1.82) is 0 Å². The fourth-order valence-corrected chi connectivity index (χ4v) is 4.04. The second kappa shape index (κ2) is 6.26. The summed E-state index contributed by atoms with van der Waals surface area (Å²) in [7, 11) is 0. The van der Waals surface area contributed by atoms with E-state index in [1.165, 1.54) is 17.2 Å². The van der Waals surface area contributed by atoms with E-state index in [9.17, 15) is 10.00 Å². The van der Waals surface area contributed by atoms with Gasteiger partial charge in [-0.15, -0.1) is 0 Å². The van der Waals surface area contributed by atoms with Crippen LogP contribution in [0.3, 0.4) is 0 Å². The molecule has 0 amide bonds. The number of imidazole rings is 1. The molecule has 0 spiro atoms. The number of aliphatic hydroxyl groups excluding tert-OH is 1. The third kappa shape index (κ3) is 2.95. The second-order valence-corrected chi connectivity index (χ2v) is 7.66. The van der Waals surface area contributed by atoms with Crippen LogP contribution in [-0.2, 0) is 25.6 Å². The van der Waals surface area contributed by atoms with Gasteiger partial charge in [0, 0.05) is 0 Å². The molecule has 2 aliphatic heterocycles. The SMILES string of the molecule is Nc1ncnc2c1ncn2C1OC2COP([O-])(=S)OC2C1O.[Na+]. The van der Waals surface area contributed by atoms with Crippen molar-refractivity contribution < 1.29 is 53.3 Å². The van der Waals surface area contributed by atoms with Crippen molar-refractivity contribution in [2.75, 3.05) is 12.3 Å². The Morgan fingerprint density at radius 3 is 3.00 bits per heavy atom. The average Bonchev–Trinajstić information content (AvgIpc) is 3.01. The van der Waals surface area contributed by atoms with Crippen LogP contribution >= 0.6 is 6.72 Å². The van der Waals surface area contributed by atoms with E-state index in [0.29, 0.717) is 11.2 Å². The van der Waals surface area contributed by atoms with Gasteiger partial charge in [0.25, 0.3) is 0 Å². The molecule has 5 unspecified atom stereocenters. The Morgan fingerprint density at radius 2 is 2.22 bits per heavy atom. The topological polar surface area (TPSA) is 141 Å². The number of nitrogens with two attached hydrogens (primary N) is 1. The van der Waals surface area contributed by atoms with Gasteiger partial charge in [-0.2, -0.15) is 0 Å². The first kappa shape index (κ1) is 17.6. The van der Waals surface area contributed by atoms with Gasteiger partial charge >= 0.3 is 29.6 Å². The maximum Gasteiger partial charge on any atom is 1.00 e. The van der Waals surface area contributed by atoms with E-state index in [4.69, 9.17) is 31.3 Å². The fraction of sp³-hybridized carbons (Fsp3) is 0.500. The zero-order valence-electron chi connectivity index (χ0n) is 12.0. The molecular formula is C10H11N5NaO5PS. The molecule has 0 aliphatic carbocycles. The first-order chi connectivity index (χ1) is 10.5. The minimum atomic E-state index is -3.58. The zero-order valence-corrected chi connectivity index (χ0v) is 15.7. The number of ether oxygens (including phenoxy) is 1. The van der Waals surface area contributed by atoms with Gasteiger partial charge < -0.3 is 29.5 Å². The Hall–Kier alpha value is -0.200. The second-order valence-electron chi connectivity index (χ2n) is 4.95. The molecule has 10 nitrogen and oxygen atoms in total. The van der Waals surface area contributed by atoms with Gasteiger partial charge in [0.15, 0.2) is 17.7 Å². The summed E-state index contributed by atoms with van der Waals surface area (Å²) >= 11 is 4.69. The summed E-state index contributed by atoms with van der Waals surface area (Å²) < 4.78 is 17.3. The van der Waals surface area contributed by atoms with E-state index in [-0.39, 0.29) is 42.0 Å². The number of aromatic nitrogens is 4. The molecule has 2 aromatic rings. The van der Waals surface area contributed by atoms with Crippen LogP contribution in [-0.4, -0.2) is 49.5 Å². The molecule has 0 radical (unpaired) electrons. The maximum atomic E-state index is 11.7. The largest absolute Gasteiger partial charge is 1.00 e. The average molecular weight is 367 g/mol. The number of rotatable bonds is 1. The predicted octanol–water partition coefficient (Wildman–Crippen LogP) is -4.33. The molecule has 0 saturated carbocycles. The molecule has 2 aromatic heterocycles. The molecule has 23 heavy (non-hydrogen) atoms. The first-order valence-corrected chi connectivity index (χ1v) is 8.92. The maximum absolute atomic E-state index is 11.7. The normalized spacial score (nSPS) is 36.6. The van der Waals surface area contributed by atoms with Crippen molar-refractivity contribution in [3.8, 4) is 0 Å². The molecule has 118 valence electrons. The number of nitrogen functional groups attached to an aromatic ring is 1. The Balaban J connectivity index is 0.00000156. The van der Waals surface area contributed by atoms with Crippen LogP contribution in [0.15, 0.2) is 12.7 Å². The molecular weight excluding hydrogens is 356 g/mol. The van der Waals surface area contributed by atoms with Crippen molar-refractivity contribution in [3.05, 3.63) is 12.7 Å². The molecule has 0 bridgehead atoms. The summed E-state index contributed by atoms with van der Waals surface area (Å²) in [5.41, 5.74) is 6.55. The van der Waals surface area contributed by atoms with E-state index in [2.05, 4.69) is 15.0 Å². The van der Waals surface area contributed by atoms with E-state index in [1.807, 2.05) is 0 Å². The monoisotopic (exact) mass is 367 g/mol. The third-order valence-corrected chi connectivity index (χ3v) is 5.16. The number of hydrogen-bond donors (Lipinski definition) is 2. The molecule has 2 fully saturated rings. The van der Waals surface area contributed by atoms with Gasteiger partial charge in [-0.25, -0.2) is 15.0 Å². The number of nitrogens with zero attached hydrogens (tertiary/aromatic N) is 4. The molecule has 4 rings (SSSR count). The van der Waals surface area contributed by atoms with Crippen LogP contribution in [0.4, 0.5) is 5.82 Å². The molecule has 2 saturated heterocycles. The summed E-state index contributed by atoms with van der Waals surface area (Å²) in [5, 5.41) is 10.4. The summed E-state index contributed by atoms with van der Waals surface area (Å²) in [6, 6.07) is 0. The molecule has 2 aliphatic rings. The van der Waals surface area contributed by atoms with Gasteiger partial charge in [-0.3, -0.25) is 4.57 Å². The van der Waals surface area contributed by atoms with Crippen LogP contribution in [0.25, 0.3) is 11.2 Å². The number of hydrogen-bond acceptors (Lipinski definition) is 10. The number of aliphatic hydroxyl groups is 1. The number of anilines is 1. The van der Waals surface area contributed by atoms with Gasteiger partial charge in [0.05, 0.1) is 12.9 Å². The molecule has 13 heteroatoms. The van der Waals surface area contributed by atoms with Crippen molar-refractivity contribution >= 4 is 35.5 Å². The Morgan fingerprint density at radius 1 is 1.43 bits per heavy atom. The minimum absolute atomic E-state index is 0. The molecule has 4 heterocycles. The van der Waals surface area contributed by atoms with E-state index in [0.717, 1.165) is 0 Å². The van der Waals surface area contributed by atoms with E-state index >= 15 is 0 Å². The molecule has 5 atom stereocenters. The predicted molar refractivity (Wildman–Crippen MR) is 74.8 cm³/mol. The van der Waals surface area contributed by atoms with Crippen LogP contribution in [0.5, 0.6) is 0 Å². The van der Waals surface area contributed by atoms with E-state index in [1.54, 1.807) is 0 Å². The Labute approximate surface area is 157 Å². The van der Waals surface area contributed by atoms with Crippen molar-refractivity contribution in [2.24, 2.45) is 0 Å². The van der Waals surface area contributed by atoms with Crippen molar-refractivity contribution in [2.45, 2.75) is 24.5 Å². The minimum Gasteiger partial charge on any atom is -0.780 e. The van der Waals surface area contributed by atoms with E-state index < -0.39 is 31.3 Å². The fourth-order valence-electron chi connectivity index (χ4n) is 2.61. The summed E-state index contributed by atoms with van der Waals surface area (Å²) in [4.78, 5) is 23.8. The summed E-state index contributed by atoms with van der Waals surface area (Å²) in [6.07, 6.45) is -0.610. The van der Waals surface area contributed by atoms with Crippen molar-refractivity contribution in [1.82, 2.24) is 19.5 Å². The van der Waals surface area contributed by atoms with Gasteiger partial charge in [0.1, 0.15) is 36.9 Å². The van der Waals surface area contributed by atoms with Crippen LogP contribution < -0.4 is 40.2 Å². The Bertz CT molecular complexity index is 792. The van der Waals surface area contributed by atoms with Gasteiger partial charge in [-0.1, -0.05) is 11.8 Å². The Kier molecular flexibility index (Phi) is 4.80.